The summed E-state index contributed by atoms with van der Waals surface area (Å²) in [5.41, 5.74) is 0.258. The molecule has 1 saturated heterocycles. The van der Waals surface area contributed by atoms with Gasteiger partial charge in [0.1, 0.15) is 0 Å². The van der Waals surface area contributed by atoms with E-state index in [9.17, 15) is 8.42 Å². The van der Waals surface area contributed by atoms with E-state index in [0.29, 0.717) is 13.1 Å². The van der Waals surface area contributed by atoms with Crippen LogP contribution in [0.25, 0.3) is 0 Å². The van der Waals surface area contributed by atoms with Gasteiger partial charge in [0, 0.05) is 20.1 Å². The highest BCUT2D eigenvalue weighted by atomic mass is 79.9. The first kappa shape index (κ1) is 14.9. The molecular weight excluding hydrogens is 332 g/mol. The summed E-state index contributed by atoms with van der Waals surface area (Å²) in [5.74, 6) is 0. The standard InChI is InChI=1S/C11H19BrN4O2S/c1-4-11(2)5-7-16(8-6-11)19(17,18)10-9(12)13-14-15(10)3/h4-8H2,1-3H3. The van der Waals surface area contributed by atoms with Crippen LogP contribution in [0.15, 0.2) is 9.63 Å². The molecule has 108 valence electrons. The summed E-state index contributed by atoms with van der Waals surface area (Å²) in [4.78, 5) is 0. The highest BCUT2D eigenvalue weighted by Gasteiger charge is 2.37. The highest BCUT2D eigenvalue weighted by molar-refractivity contribution is 9.10. The van der Waals surface area contributed by atoms with E-state index in [1.54, 1.807) is 7.05 Å². The molecule has 2 rings (SSSR count). The molecule has 0 N–H and O–H groups in total. The molecule has 1 aliphatic rings. The van der Waals surface area contributed by atoms with Crippen LogP contribution in [0.5, 0.6) is 0 Å². The first-order valence-electron chi connectivity index (χ1n) is 6.35. The van der Waals surface area contributed by atoms with Crippen molar-refractivity contribution in [2.24, 2.45) is 12.5 Å². The molecule has 0 saturated carbocycles. The molecule has 2 heterocycles. The topological polar surface area (TPSA) is 68.1 Å². The zero-order valence-electron chi connectivity index (χ0n) is 11.4. The number of hydrogen-bond donors (Lipinski definition) is 0. The number of rotatable bonds is 3. The Hall–Kier alpha value is -0.470. The summed E-state index contributed by atoms with van der Waals surface area (Å²) in [6.07, 6.45) is 2.87. The molecule has 0 bridgehead atoms. The van der Waals surface area contributed by atoms with Gasteiger partial charge in [0.25, 0.3) is 10.0 Å². The lowest BCUT2D eigenvalue weighted by molar-refractivity contribution is 0.168. The molecule has 1 aromatic heterocycles. The first-order chi connectivity index (χ1) is 8.80. The largest absolute Gasteiger partial charge is 0.263 e. The van der Waals surface area contributed by atoms with Crippen LogP contribution in [0.3, 0.4) is 0 Å². The van der Waals surface area contributed by atoms with Crippen molar-refractivity contribution >= 4 is 26.0 Å². The van der Waals surface area contributed by atoms with Crippen molar-refractivity contribution in [2.45, 2.75) is 38.1 Å². The summed E-state index contributed by atoms with van der Waals surface area (Å²) < 4.78 is 28.3. The average molecular weight is 351 g/mol. The summed E-state index contributed by atoms with van der Waals surface area (Å²) in [6, 6.07) is 0. The molecule has 19 heavy (non-hydrogen) atoms. The molecule has 0 spiro atoms. The van der Waals surface area contributed by atoms with E-state index in [2.05, 4.69) is 40.1 Å². The van der Waals surface area contributed by atoms with Crippen LogP contribution < -0.4 is 0 Å². The highest BCUT2D eigenvalue weighted by Crippen LogP contribution is 2.36. The van der Waals surface area contributed by atoms with Crippen molar-refractivity contribution in [2.75, 3.05) is 13.1 Å². The minimum absolute atomic E-state index is 0.132. The Balaban J connectivity index is 2.24. The number of aromatic nitrogens is 3. The van der Waals surface area contributed by atoms with Crippen molar-refractivity contribution in [3.05, 3.63) is 4.60 Å². The first-order valence-corrected chi connectivity index (χ1v) is 8.59. The molecule has 0 aromatic carbocycles. The number of aryl methyl sites for hydroxylation is 1. The molecule has 1 aromatic rings. The molecule has 1 aliphatic heterocycles. The van der Waals surface area contributed by atoms with Crippen LogP contribution in [-0.2, 0) is 17.1 Å². The maximum absolute atomic E-state index is 12.6. The Morgan fingerprint density at radius 1 is 1.37 bits per heavy atom. The molecule has 0 unspecified atom stereocenters. The third-order valence-corrected chi connectivity index (χ3v) is 6.89. The summed E-state index contributed by atoms with van der Waals surface area (Å²) >= 11 is 3.16. The lowest BCUT2D eigenvalue weighted by Gasteiger charge is -2.38. The van der Waals surface area contributed by atoms with Crippen LogP contribution in [-0.4, -0.2) is 40.8 Å². The van der Waals surface area contributed by atoms with Gasteiger partial charge in [0.2, 0.25) is 5.03 Å². The van der Waals surface area contributed by atoms with E-state index in [1.165, 1.54) is 8.99 Å². The van der Waals surface area contributed by atoms with Crippen LogP contribution >= 0.6 is 15.9 Å². The lowest BCUT2D eigenvalue weighted by Crippen LogP contribution is -2.42. The molecule has 0 aliphatic carbocycles. The van der Waals surface area contributed by atoms with Gasteiger partial charge in [-0.15, -0.1) is 5.10 Å². The SMILES string of the molecule is CCC1(C)CCN(S(=O)(=O)c2c(Br)nnn2C)CC1. The van der Waals surface area contributed by atoms with Crippen LogP contribution in [0, 0.1) is 5.41 Å². The van der Waals surface area contributed by atoms with Crippen molar-refractivity contribution in [1.82, 2.24) is 19.3 Å². The minimum Gasteiger partial charge on any atom is -0.235 e. The van der Waals surface area contributed by atoms with Gasteiger partial charge in [-0.2, -0.15) is 4.31 Å². The van der Waals surface area contributed by atoms with Gasteiger partial charge in [-0.3, -0.25) is 0 Å². The van der Waals surface area contributed by atoms with E-state index in [-0.39, 0.29) is 15.0 Å². The second-order valence-corrected chi connectivity index (χ2v) is 7.98. The number of nitrogens with zero attached hydrogens (tertiary/aromatic N) is 4. The Bertz CT molecular complexity index is 542. The Labute approximate surface area is 122 Å². The summed E-state index contributed by atoms with van der Waals surface area (Å²) in [6.45, 7) is 5.50. The molecule has 0 amide bonds. The van der Waals surface area contributed by atoms with Crippen LogP contribution in [0.2, 0.25) is 0 Å². The maximum Gasteiger partial charge on any atom is 0.263 e. The number of piperidine rings is 1. The summed E-state index contributed by atoms with van der Waals surface area (Å²) in [7, 11) is -1.93. The van der Waals surface area contributed by atoms with E-state index in [4.69, 9.17) is 0 Å². The second kappa shape index (κ2) is 5.14. The molecule has 6 nitrogen and oxygen atoms in total. The van der Waals surface area contributed by atoms with Crippen molar-refractivity contribution in [3.8, 4) is 0 Å². The van der Waals surface area contributed by atoms with Crippen molar-refractivity contribution < 1.29 is 8.42 Å². The molecule has 1 fully saturated rings. The van der Waals surface area contributed by atoms with E-state index < -0.39 is 10.0 Å². The Kier molecular flexibility index (Phi) is 4.04. The van der Waals surface area contributed by atoms with Crippen LogP contribution in [0.4, 0.5) is 0 Å². The predicted octanol–water partition coefficient (Wildman–Crippen LogP) is 1.78. The third kappa shape index (κ3) is 2.71. The normalized spacial score (nSPS) is 20.6. The fourth-order valence-electron chi connectivity index (χ4n) is 2.34. The van der Waals surface area contributed by atoms with Crippen molar-refractivity contribution in [1.29, 1.82) is 0 Å². The fraction of sp³-hybridized carbons (Fsp3) is 0.818. The predicted molar refractivity (Wildman–Crippen MR) is 75.1 cm³/mol. The van der Waals surface area contributed by atoms with Gasteiger partial charge < -0.3 is 0 Å². The molecular formula is C11H19BrN4O2S. The van der Waals surface area contributed by atoms with Gasteiger partial charge in [0.15, 0.2) is 4.60 Å². The average Bonchev–Trinajstić information content (AvgIpc) is 2.70. The lowest BCUT2D eigenvalue weighted by atomic mass is 9.79. The zero-order chi connectivity index (χ0) is 14.3. The van der Waals surface area contributed by atoms with Gasteiger partial charge in [-0.1, -0.05) is 25.5 Å². The third-order valence-electron chi connectivity index (χ3n) is 4.10. The number of sulfonamides is 1. The molecule has 8 heteroatoms. The Morgan fingerprint density at radius 2 is 1.95 bits per heavy atom. The second-order valence-electron chi connectivity index (χ2n) is 5.38. The Morgan fingerprint density at radius 3 is 2.37 bits per heavy atom. The van der Waals surface area contributed by atoms with E-state index >= 15 is 0 Å². The summed E-state index contributed by atoms with van der Waals surface area (Å²) in [5, 5.41) is 7.61. The smallest absolute Gasteiger partial charge is 0.235 e. The van der Waals surface area contributed by atoms with Gasteiger partial charge in [0.05, 0.1) is 0 Å². The zero-order valence-corrected chi connectivity index (χ0v) is 13.8. The van der Waals surface area contributed by atoms with Crippen LogP contribution in [0.1, 0.15) is 33.1 Å². The van der Waals surface area contributed by atoms with Gasteiger partial charge >= 0.3 is 0 Å². The maximum atomic E-state index is 12.6. The number of hydrogen-bond acceptors (Lipinski definition) is 4. The fourth-order valence-corrected chi connectivity index (χ4v) is 4.81. The van der Waals surface area contributed by atoms with Gasteiger partial charge in [-0.25, -0.2) is 13.1 Å². The van der Waals surface area contributed by atoms with E-state index in [1.807, 2.05) is 0 Å². The van der Waals surface area contributed by atoms with Crippen molar-refractivity contribution in [3.63, 3.8) is 0 Å². The minimum atomic E-state index is -3.51. The van der Waals surface area contributed by atoms with E-state index in [0.717, 1.165) is 19.3 Å². The monoisotopic (exact) mass is 350 g/mol. The van der Waals surface area contributed by atoms with Gasteiger partial charge in [-0.05, 0) is 34.2 Å². The number of halogens is 1. The molecule has 0 radical (unpaired) electrons. The molecule has 0 atom stereocenters. The quantitative estimate of drug-likeness (QED) is 0.833.